The molecular formula is C23H26ClN7O. The second-order valence-corrected chi connectivity index (χ2v) is 8.22. The maximum atomic E-state index is 11.4. The predicted molar refractivity (Wildman–Crippen MR) is 128 cm³/mol. The van der Waals surface area contributed by atoms with Gasteiger partial charge in [-0.15, -0.1) is 0 Å². The first-order chi connectivity index (χ1) is 15.5. The highest BCUT2D eigenvalue weighted by molar-refractivity contribution is 6.30. The van der Waals surface area contributed by atoms with Crippen molar-refractivity contribution < 1.29 is 4.79 Å². The Bertz CT molecular complexity index is 1100. The van der Waals surface area contributed by atoms with E-state index in [1.165, 1.54) is 18.8 Å². The van der Waals surface area contributed by atoms with Gasteiger partial charge in [0.25, 0.3) is 0 Å². The van der Waals surface area contributed by atoms with Crippen molar-refractivity contribution in [2.24, 2.45) is 0 Å². The number of hydrogen-bond donors (Lipinski definition) is 2. The normalized spacial score (nSPS) is 14.3. The van der Waals surface area contributed by atoms with E-state index in [-0.39, 0.29) is 5.91 Å². The van der Waals surface area contributed by atoms with Gasteiger partial charge >= 0.3 is 0 Å². The lowest BCUT2D eigenvalue weighted by Gasteiger charge is -2.34. The predicted octanol–water partition coefficient (Wildman–Crippen LogP) is 3.86. The molecule has 3 aromatic rings. The van der Waals surface area contributed by atoms with Crippen molar-refractivity contribution in [2.45, 2.75) is 20.4 Å². The summed E-state index contributed by atoms with van der Waals surface area (Å²) >= 11 is 6.11. The van der Waals surface area contributed by atoms with Crippen LogP contribution in [0.15, 0.2) is 48.8 Å². The first-order valence-electron chi connectivity index (χ1n) is 10.5. The Hall–Kier alpha value is -3.23. The van der Waals surface area contributed by atoms with Gasteiger partial charge in [0, 0.05) is 56.0 Å². The lowest BCUT2D eigenvalue weighted by molar-refractivity contribution is -0.114. The van der Waals surface area contributed by atoms with E-state index < -0.39 is 0 Å². The minimum absolute atomic E-state index is 0.109. The molecule has 166 valence electrons. The number of piperazine rings is 1. The Balaban J connectivity index is 1.39. The Morgan fingerprint density at radius 2 is 1.81 bits per heavy atom. The summed E-state index contributed by atoms with van der Waals surface area (Å²) in [6.45, 7) is 7.81. The van der Waals surface area contributed by atoms with E-state index >= 15 is 0 Å². The standard InChI is InChI=1S/C23H26ClN7O/c1-16-20(27-17(2)32)7-4-8-21(16)28-22-25-15-26-23(29-22)31-11-9-30(10-12-31)14-18-5-3-6-19(24)13-18/h3-8,13,15H,9-12,14H2,1-2H3,(H,27,32)(H,25,26,28,29). The van der Waals surface area contributed by atoms with Crippen LogP contribution in [0, 0.1) is 6.92 Å². The number of hydrogen-bond acceptors (Lipinski definition) is 7. The summed E-state index contributed by atoms with van der Waals surface area (Å²) in [6, 6.07) is 13.7. The van der Waals surface area contributed by atoms with Crippen molar-refractivity contribution in [1.29, 1.82) is 0 Å². The van der Waals surface area contributed by atoms with Crippen LogP contribution in [-0.4, -0.2) is 51.9 Å². The summed E-state index contributed by atoms with van der Waals surface area (Å²) in [6.07, 6.45) is 1.52. The van der Waals surface area contributed by atoms with E-state index in [2.05, 4.69) is 41.5 Å². The van der Waals surface area contributed by atoms with E-state index in [1.807, 2.05) is 43.3 Å². The average molecular weight is 452 g/mol. The van der Waals surface area contributed by atoms with Crippen molar-refractivity contribution in [2.75, 3.05) is 41.7 Å². The minimum Gasteiger partial charge on any atom is -0.338 e. The van der Waals surface area contributed by atoms with Crippen LogP contribution < -0.4 is 15.5 Å². The zero-order valence-electron chi connectivity index (χ0n) is 18.2. The molecule has 2 aromatic carbocycles. The summed E-state index contributed by atoms with van der Waals surface area (Å²) < 4.78 is 0. The molecule has 1 aromatic heterocycles. The maximum absolute atomic E-state index is 11.4. The van der Waals surface area contributed by atoms with Crippen LogP contribution in [0.5, 0.6) is 0 Å². The van der Waals surface area contributed by atoms with Crippen LogP contribution in [0.25, 0.3) is 0 Å². The molecule has 0 bridgehead atoms. The Kier molecular flexibility index (Phi) is 6.82. The molecule has 4 rings (SSSR count). The van der Waals surface area contributed by atoms with Crippen LogP contribution in [0.3, 0.4) is 0 Å². The monoisotopic (exact) mass is 451 g/mol. The van der Waals surface area contributed by atoms with Gasteiger partial charge in [0.1, 0.15) is 6.33 Å². The number of nitrogens with one attached hydrogen (secondary N) is 2. The number of aromatic nitrogens is 3. The van der Waals surface area contributed by atoms with Gasteiger partial charge in [-0.1, -0.05) is 29.8 Å². The molecule has 8 nitrogen and oxygen atoms in total. The highest BCUT2D eigenvalue weighted by Crippen LogP contribution is 2.25. The molecule has 0 aliphatic carbocycles. The molecule has 1 aliphatic heterocycles. The van der Waals surface area contributed by atoms with Crippen LogP contribution in [0.1, 0.15) is 18.1 Å². The summed E-state index contributed by atoms with van der Waals surface area (Å²) in [7, 11) is 0. The smallest absolute Gasteiger partial charge is 0.232 e. The molecule has 0 saturated carbocycles. The second-order valence-electron chi connectivity index (χ2n) is 7.79. The third-order valence-corrected chi connectivity index (χ3v) is 5.64. The highest BCUT2D eigenvalue weighted by Gasteiger charge is 2.20. The Labute approximate surface area is 192 Å². The third-order valence-electron chi connectivity index (χ3n) is 5.40. The highest BCUT2D eigenvalue weighted by atomic mass is 35.5. The molecule has 0 radical (unpaired) electrons. The van der Waals surface area contributed by atoms with Gasteiger partial charge in [-0.3, -0.25) is 9.69 Å². The van der Waals surface area contributed by atoms with Gasteiger partial charge in [-0.05, 0) is 42.3 Å². The number of amides is 1. The number of carbonyl (C=O) groups is 1. The number of nitrogens with zero attached hydrogens (tertiary/aromatic N) is 5. The fourth-order valence-corrected chi connectivity index (χ4v) is 3.93. The van der Waals surface area contributed by atoms with E-state index in [1.54, 1.807) is 0 Å². The van der Waals surface area contributed by atoms with Gasteiger partial charge < -0.3 is 15.5 Å². The topological polar surface area (TPSA) is 86.3 Å². The van der Waals surface area contributed by atoms with Crippen LogP contribution >= 0.6 is 11.6 Å². The molecule has 9 heteroatoms. The van der Waals surface area contributed by atoms with E-state index in [0.29, 0.717) is 11.9 Å². The van der Waals surface area contributed by atoms with Crippen molar-refractivity contribution in [3.8, 4) is 0 Å². The first kappa shape index (κ1) is 22.0. The fraction of sp³-hybridized carbons (Fsp3) is 0.304. The van der Waals surface area contributed by atoms with Crippen LogP contribution in [-0.2, 0) is 11.3 Å². The lowest BCUT2D eigenvalue weighted by atomic mass is 10.1. The lowest BCUT2D eigenvalue weighted by Crippen LogP contribution is -2.46. The third kappa shape index (κ3) is 5.52. The Morgan fingerprint density at radius 3 is 2.56 bits per heavy atom. The average Bonchev–Trinajstić information content (AvgIpc) is 2.77. The summed E-state index contributed by atoms with van der Waals surface area (Å²) in [5, 5.41) is 6.85. The van der Waals surface area contributed by atoms with E-state index in [4.69, 9.17) is 11.6 Å². The molecule has 1 fully saturated rings. The summed E-state index contributed by atoms with van der Waals surface area (Å²) in [5.74, 6) is 1.02. The molecule has 2 heterocycles. The molecule has 32 heavy (non-hydrogen) atoms. The molecule has 1 amide bonds. The zero-order valence-corrected chi connectivity index (χ0v) is 18.9. The largest absolute Gasteiger partial charge is 0.338 e. The quantitative estimate of drug-likeness (QED) is 0.588. The first-order valence-corrected chi connectivity index (χ1v) is 10.9. The number of halogens is 1. The molecular weight excluding hydrogens is 426 g/mol. The molecule has 1 aliphatic rings. The van der Waals surface area contributed by atoms with Crippen molar-refractivity contribution in [1.82, 2.24) is 19.9 Å². The van der Waals surface area contributed by atoms with Crippen molar-refractivity contribution in [3.05, 3.63) is 64.9 Å². The second kappa shape index (κ2) is 9.93. The SMILES string of the molecule is CC(=O)Nc1cccc(Nc2ncnc(N3CCN(Cc4cccc(Cl)c4)CC3)n2)c1C. The summed E-state index contributed by atoms with van der Waals surface area (Å²) in [4.78, 5) is 29.2. The van der Waals surface area contributed by atoms with Crippen LogP contribution in [0.2, 0.25) is 5.02 Å². The molecule has 1 saturated heterocycles. The van der Waals surface area contributed by atoms with E-state index in [0.717, 1.165) is 54.7 Å². The van der Waals surface area contributed by atoms with Crippen molar-refractivity contribution >= 4 is 40.8 Å². The molecule has 2 N–H and O–H groups in total. The molecule has 0 unspecified atom stereocenters. The van der Waals surface area contributed by atoms with Gasteiger partial charge in [0.15, 0.2) is 0 Å². The van der Waals surface area contributed by atoms with Gasteiger partial charge in [-0.25, -0.2) is 9.97 Å². The van der Waals surface area contributed by atoms with Crippen molar-refractivity contribution in [3.63, 3.8) is 0 Å². The number of carbonyl (C=O) groups excluding carboxylic acids is 1. The van der Waals surface area contributed by atoms with Gasteiger partial charge in [-0.2, -0.15) is 4.98 Å². The van der Waals surface area contributed by atoms with Gasteiger partial charge in [0.05, 0.1) is 0 Å². The Morgan fingerprint density at radius 1 is 1.06 bits per heavy atom. The number of rotatable bonds is 6. The van der Waals surface area contributed by atoms with Gasteiger partial charge in [0.2, 0.25) is 17.8 Å². The zero-order chi connectivity index (χ0) is 22.5. The fourth-order valence-electron chi connectivity index (χ4n) is 3.72. The van der Waals surface area contributed by atoms with Crippen LogP contribution in [0.4, 0.5) is 23.3 Å². The maximum Gasteiger partial charge on any atom is 0.232 e. The number of anilines is 4. The minimum atomic E-state index is -0.109. The summed E-state index contributed by atoms with van der Waals surface area (Å²) in [5.41, 5.74) is 3.72. The molecule has 0 atom stereocenters. The van der Waals surface area contributed by atoms with E-state index in [9.17, 15) is 4.79 Å². The molecule has 0 spiro atoms. The number of benzene rings is 2.